The standard InChI is InChI=1S/C10H10O5/c1-15-10(14)8-4-6(9(12)13)2-3-7(8)5-11/h2-5,10,14H,1H3,(H,12,13). The largest absolute Gasteiger partial charge is 0.478 e. The number of carbonyl (C=O) groups is 2. The fraction of sp³-hybridized carbons (Fsp3) is 0.200. The van der Waals surface area contributed by atoms with Crippen molar-refractivity contribution in [2.45, 2.75) is 6.29 Å². The summed E-state index contributed by atoms with van der Waals surface area (Å²) >= 11 is 0. The third-order valence-corrected chi connectivity index (χ3v) is 1.95. The molecule has 1 aromatic carbocycles. The highest BCUT2D eigenvalue weighted by Gasteiger charge is 2.14. The first kappa shape index (κ1) is 11.4. The van der Waals surface area contributed by atoms with Crippen molar-refractivity contribution in [3.8, 4) is 0 Å². The van der Waals surface area contributed by atoms with Crippen LogP contribution in [-0.4, -0.2) is 29.6 Å². The van der Waals surface area contributed by atoms with E-state index in [-0.39, 0.29) is 16.7 Å². The van der Waals surface area contributed by atoms with E-state index in [1.54, 1.807) is 0 Å². The fourth-order valence-electron chi connectivity index (χ4n) is 1.16. The predicted octanol–water partition coefficient (Wildman–Crippen LogP) is 0.835. The first-order chi connectivity index (χ1) is 7.10. The molecule has 1 unspecified atom stereocenters. The summed E-state index contributed by atoms with van der Waals surface area (Å²) in [6.45, 7) is 0. The van der Waals surface area contributed by atoms with E-state index in [4.69, 9.17) is 5.11 Å². The van der Waals surface area contributed by atoms with Gasteiger partial charge in [-0.3, -0.25) is 4.79 Å². The van der Waals surface area contributed by atoms with Crippen LogP contribution in [0.4, 0.5) is 0 Å². The molecule has 0 aliphatic rings. The van der Waals surface area contributed by atoms with Gasteiger partial charge in [-0.25, -0.2) is 4.79 Å². The Labute approximate surface area is 85.9 Å². The average Bonchev–Trinajstić information content (AvgIpc) is 2.27. The monoisotopic (exact) mass is 210 g/mol. The van der Waals surface area contributed by atoms with Gasteiger partial charge in [0.25, 0.3) is 0 Å². The molecule has 0 amide bonds. The number of aromatic carboxylic acids is 1. The summed E-state index contributed by atoms with van der Waals surface area (Å²) in [5, 5.41) is 18.1. The molecule has 0 bridgehead atoms. The maximum atomic E-state index is 10.7. The van der Waals surface area contributed by atoms with Crippen molar-refractivity contribution in [3.05, 3.63) is 34.9 Å². The molecule has 0 heterocycles. The summed E-state index contributed by atoms with van der Waals surface area (Å²) in [4.78, 5) is 21.3. The summed E-state index contributed by atoms with van der Waals surface area (Å²) in [5.41, 5.74) is 0.341. The zero-order chi connectivity index (χ0) is 11.4. The van der Waals surface area contributed by atoms with Gasteiger partial charge in [0.2, 0.25) is 0 Å². The molecule has 0 fully saturated rings. The quantitative estimate of drug-likeness (QED) is 0.568. The number of carboxylic acid groups (broad SMARTS) is 1. The molecule has 0 aliphatic carbocycles. The van der Waals surface area contributed by atoms with Crippen molar-refractivity contribution in [2.24, 2.45) is 0 Å². The van der Waals surface area contributed by atoms with Crippen molar-refractivity contribution in [1.82, 2.24) is 0 Å². The molecule has 5 nitrogen and oxygen atoms in total. The summed E-state index contributed by atoms with van der Waals surface area (Å²) in [6.07, 6.45) is -0.770. The topological polar surface area (TPSA) is 83.8 Å². The Kier molecular flexibility index (Phi) is 3.54. The van der Waals surface area contributed by atoms with Crippen LogP contribution < -0.4 is 0 Å². The van der Waals surface area contributed by atoms with Crippen LogP contribution in [0.3, 0.4) is 0 Å². The van der Waals surface area contributed by atoms with Gasteiger partial charge in [0.15, 0.2) is 12.6 Å². The minimum Gasteiger partial charge on any atom is -0.478 e. The molecular weight excluding hydrogens is 200 g/mol. The van der Waals surface area contributed by atoms with Gasteiger partial charge in [-0.05, 0) is 12.1 Å². The molecule has 0 aliphatic heterocycles. The molecule has 0 saturated carbocycles. The predicted molar refractivity (Wildman–Crippen MR) is 50.8 cm³/mol. The second-order valence-electron chi connectivity index (χ2n) is 2.85. The Bertz CT molecular complexity index is 385. The van der Waals surface area contributed by atoms with Crippen molar-refractivity contribution in [1.29, 1.82) is 0 Å². The number of methoxy groups -OCH3 is 1. The van der Waals surface area contributed by atoms with Crippen LogP contribution in [0.2, 0.25) is 0 Å². The van der Waals surface area contributed by atoms with E-state index in [0.29, 0.717) is 6.29 Å². The van der Waals surface area contributed by atoms with E-state index in [9.17, 15) is 14.7 Å². The lowest BCUT2D eigenvalue weighted by Crippen LogP contribution is -2.06. The zero-order valence-corrected chi connectivity index (χ0v) is 8.01. The highest BCUT2D eigenvalue weighted by Crippen LogP contribution is 2.19. The maximum absolute atomic E-state index is 10.7. The second kappa shape index (κ2) is 4.68. The Hall–Kier alpha value is -1.72. The van der Waals surface area contributed by atoms with E-state index in [2.05, 4.69) is 4.74 Å². The highest BCUT2D eigenvalue weighted by atomic mass is 16.6. The molecule has 5 heteroatoms. The Morgan fingerprint density at radius 1 is 1.53 bits per heavy atom. The van der Waals surface area contributed by atoms with Gasteiger partial charge in [0, 0.05) is 18.2 Å². The molecular formula is C10H10O5. The van der Waals surface area contributed by atoms with E-state index in [1.807, 2.05) is 0 Å². The first-order valence-corrected chi connectivity index (χ1v) is 4.13. The van der Waals surface area contributed by atoms with Gasteiger partial charge in [0.05, 0.1) is 5.56 Å². The van der Waals surface area contributed by atoms with Crippen molar-refractivity contribution < 1.29 is 24.5 Å². The molecule has 1 rings (SSSR count). The molecule has 0 saturated heterocycles. The van der Waals surface area contributed by atoms with Gasteiger partial charge in [-0.2, -0.15) is 0 Å². The highest BCUT2D eigenvalue weighted by molar-refractivity contribution is 5.89. The molecule has 2 N–H and O–H groups in total. The number of benzene rings is 1. The van der Waals surface area contributed by atoms with Crippen molar-refractivity contribution in [3.63, 3.8) is 0 Å². The van der Waals surface area contributed by atoms with Crippen LogP contribution in [0.25, 0.3) is 0 Å². The van der Waals surface area contributed by atoms with E-state index in [0.717, 1.165) is 0 Å². The van der Waals surface area contributed by atoms with E-state index in [1.165, 1.54) is 25.3 Å². The number of aliphatic hydroxyl groups is 1. The number of carbonyl (C=O) groups excluding carboxylic acids is 1. The summed E-state index contributed by atoms with van der Waals surface area (Å²) < 4.78 is 4.62. The number of hydrogen-bond donors (Lipinski definition) is 2. The van der Waals surface area contributed by atoms with Gasteiger partial charge in [0.1, 0.15) is 0 Å². The number of rotatable bonds is 4. The number of ether oxygens (including phenoxy) is 1. The molecule has 15 heavy (non-hydrogen) atoms. The van der Waals surface area contributed by atoms with Crippen LogP contribution >= 0.6 is 0 Å². The number of hydrogen-bond acceptors (Lipinski definition) is 4. The smallest absolute Gasteiger partial charge is 0.335 e. The Morgan fingerprint density at radius 2 is 2.20 bits per heavy atom. The van der Waals surface area contributed by atoms with Crippen LogP contribution in [0, 0.1) is 0 Å². The van der Waals surface area contributed by atoms with Gasteiger partial charge >= 0.3 is 5.97 Å². The SMILES string of the molecule is COC(O)c1cc(C(=O)O)ccc1C=O. The van der Waals surface area contributed by atoms with Crippen LogP contribution in [0.1, 0.15) is 32.6 Å². The van der Waals surface area contributed by atoms with E-state index < -0.39 is 12.3 Å². The number of carboxylic acids is 1. The van der Waals surface area contributed by atoms with Crippen molar-refractivity contribution in [2.75, 3.05) is 7.11 Å². The van der Waals surface area contributed by atoms with Gasteiger partial charge in [-0.15, -0.1) is 0 Å². The van der Waals surface area contributed by atoms with Gasteiger partial charge in [-0.1, -0.05) is 6.07 Å². The minimum absolute atomic E-state index is 0.00769. The third-order valence-electron chi connectivity index (χ3n) is 1.95. The molecule has 0 aromatic heterocycles. The lowest BCUT2D eigenvalue weighted by Gasteiger charge is -2.11. The zero-order valence-electron chi connectivity index (χ0n) is 8.01. The van der Waals surface area contributed by atoms with Crippen molar-refractivity contribution >= 4 is 12.3 Å². The second-order valence-corrected chi connectivity index (χ2v) is 2.85. The normalized spacial score (nSPS) is 12.1. The number of aliphatic hydroxyl groups excluding tert-OH is 1. The lowest BCUT2D eigenvalue weighted by molar-refractivity contribution is -0.0772. The lowest BCUT2D eigenvalue weighted by atomic mass is 10.0. The van der Waals surface area contributed by atoms with Gasteiger partial charge < -0.3 is 14.9 Å². The molecule has 1 aromatic rings. The first-order valence-electron chi connectivity index (χ1n) is 4.13. The maximum Gasteiger partial charge on any atom is 0.335 e. The Balaban J connectivity index is 3.24. The summed E-state index contributed by atoms with van der Waals surface area (Å²) in [7, 11) is 1.26. The minimum atomic E-state index is -1.30. The molecule has 1 atom stereocenters. The summed E-state index contributed by atoms with van der Waals surface area (Å²) in [5.74, 6) is -1.13. The molecule has 0 radical (unpaired) electrons. The number of aldehydes is 1. The molecule has 80 valence electrons. The molecule has 0 spiro atoms. The fourth-order valence-corrected chi connectivity index (χ4v) is 1.16. The van der Waals surface area contributed by atoms with Crippen LogP contribution in [0.15, 0.2) is 18.2 Å². The van der Waals surface area contributed by atoms with E-state index >= 15 is 0 Å². The average molecular weight is 210 g/mol. The van der Waals surface area contributed by atoms with Crippen LogP contribution in [0.5, 0.6) is 0 Å². The third kappa shape index (κ3) is 2.39. The van der Waals surface area contributed by atoms with Crippen LogP contribution in [-0.2, 0) is 4.74 Å². The Morgan fingerprint density at radius 3 is 2.67 bits per heavy atom. The summed E-state index contributed by atoms with van der Waals surface area (Å²) in [6, 6.07) is 3.83.